The second-order valence-corrected chi connectivity index (χ2v) is 6.07. The van der Waals surface area contributed by atoms with Crippen molar-refractivity contribution in [2.45, 2.75) is 34.1 Å². The van der Waals surface area contributed by atoms with E-state index in [2.05, 4.69) is 55.0 Å². The van der Waals surface area contributed by atoms with E-state index in [9.17, 15) is 0 Å². The van der Waals surface area contributed by atoms with Crippen LogP contribution in [0.3, 0.4) is 0 Å². The fourth-order valence-electron chi connectivity index (χ4n) is 2.00. The molecule has 2 heterocycles. The van der Waals surface area contributed by atoms with Crippen LogP contribution in [0.1, 0.15) is 32.3 Å². The number of hydrogen-bond donors (Lipinski definition) is 1. The SMILES string of the molecule is CCNc1nc(-c2ccnc(C)n2)nc(CC(C)C)c1Br. The Labute approximate surface area is 133 Å². The number of halogens is 1. The standard InChI is InChI=1S/C15H20BrN5/c1-5-17-15-13(16)12(8-9(2)3)20-14(21-15)11-6-7-18-10(4)19-11/h6-7,9H,5,8H2,1-4H3,(H,17,20,21). The molecule has 0 bridgehead atoms. The molecule has 0 amide bonds. The van der Waals surface area contributed by atoms with Gasteiger partial charge in [0.15, 0.2) is 5.82 Å². The normalized spacial score (nSPS) is 11.0. The quantitative estimate of drug-likeness (QED) is 0.892. The maximum absolute atomic E-state index is 4.68. The average Bonchev–Trinajstić information content (AvgIpc) is 2.42. The van der Waals surface area contributed by atoms with Gasteiger partial charge in [0.1, 0.15) is 17.3 Å². The van der Waals surface area contributed by atoms with Gasteiger partial charge in [-0.05, 0) is 48.2 Å². The van der Waals surface area contributed by atoms with Crippen LogP contribution in [0.2, 0.25) is 0 Å². The van der Waals surface area contributed by atoms with E-state index in [0.29, 0.717) is 11.7 Å². The second-order valence-electron chi connectivity index (χ2n) is 5.27. The molecule has 1 N–H and O–H groups in total. The third-order valence-electron chi connectivity index (χ3n) is 2.87. The summed E-state index contributed by atoms with van der Waals surface area (Å²) in [4.78, 5) is 17.8. The molecule has 0 radical (unpaired) electrons. The molecule has 0 unspecified atom stereocenters. The zero-order valence-corrected chi connectivity index (χ0v) is 14.4. The number of aryl methyl sites for hydroxylation is 1. The van der Waals surface area contributed by atoms with E-state index in [1.807, 2.05) is 19.9 Å². The Bertz CT molecular complexity index is 627. The molecule has 21 heavy (non-hydrogen) atoms. The van der Waals surface area contributed by atoms with Crippen LogP contribution >= 0.6 is 15.9 Å². The molecule has 112 valence electrons. The summed E-state index contributed by atoms with van der Waals surface area (Å²) in [6, 6.07) is 1.84. The summed E-state index contributed by atoms with van der Waals surface area (Å²) in [7, 11) is 0. The van der Waals surface area contributed by atoms with Crippen LogP contribution < -0.4 is 5.32 Å². The van der Waals surface area contributed by atoms with Crippen molar-refractivity contribution < 1.29 is 0 Å². The van der Waals surface area contributed by atoms with E-state index < -0.39 is 0 Å². The first-order valence-electron chi connectivity index (χ1n) is 7.11. The zero-order chi connectivity index (χ0) is 15.4. The Morgan fingerprint density at radius 3 is 2.62 bits per heavy atom. The van der Waals surface area contributed by atoms with Crippen molar-refractivity contribution in [3.8, 4) is 11.5 Å². The highest BCUT2D eigenvalue weighted by Crippen LogP contribution is 2.28. The fraction of sp³-hybridized carbons (Fsp3) is 0.467. The maximum atomic E-state index is 4.68. The minimum atomic E-state index is 0.519. The summed E-state index contributed by atoms with van der Waals surface area (Å²) < 4.78 is 0.938. The van der Waals surface area contributed by atoms with Crippen LogP contribution in [-0.2, 0) is 6.42 Å². The highest BCUT2D eigenvalue weighted by atomic mass is 79.9. The van der Waals surface area contributed by atoms with Gasteiger partial charge < -0.3 is 5.32 Å². The van der Waals surface area contributed by atoms with Crippen molar-refractivity contribution in [2.75, 3.05) is 11.9 Å². The first-order chi connectivity index (χ1) is 10.0. The highest BCUT2D eigenvalue weighted by Gasteiger charge is 2.15. The molecule has 0 spiro atoms. The van der Waals surface area contributed by atoms with Crippen LogP contribution in [0.25, 0.3) is 11.5 Å². The molecule has 0 aliphatic heterocycles. The summed E-state index contributed by atoms with van der Waals surface area (Å²) in [5.41, 5.74) is 1.75. The second kappa shape index (κ2) is 6.93. The largest absolute Gasteiger partial charge is 0.369 e. The number of nitrogens with one attached hydrogen (secondary N) is 1. The van der Waals surface area contributed by atoms with Crippen LogP contribution in [0, 0.1) is 12.8 Å². The molecule has 0 aromatic carbocycles. The Morgan fingerprint density at radius 2 is 2.00 bits per heavy atom. The third kappa shape index (κ3) is 3.97. The van der Waals surface area contributed by atoms with Gasteiger partial charge in [0.2, 0.25) is 0 Å². The van der Waals surface area contributed by atoms with Crippen LogP contribution in [0.15, 0.2) is 16.7 Å². The average molecular weight is 350 g/mol. The predicted molar refractivity (Wildman–Crippen MR) is 88.2 cm³/mol. The van der Waals surface area contributed by atoms with E-state index in [-0.39, 0.29) is 0 Å². The summed E-state index contributed by atoms with van der Waals surface area (Å²) in [5.74, 6) is 2.69. The molecule has 0 saturated carbocycles. The van der Waals surface area contributed by atoms with Crippen molar-refractivity contribution >= 4 is 21.7 Å². The Balaban J connectivity index is 2.52. The van der Waals surface area contributed by atoms with Crippen molar-refractivity contribution in [3.05, 3.63) is 28.3 Å². The smallest absolute Gasteiger partial charge is 0.180 e. The molecule has 2 aromatic heterocycles. The van der Waals surface area contributed by atoms with Gasteiger partial charge in [0.05, 0.1) is 10.2 Å². The molecule has 5 nitrogen and oxygen atoms in total. The van der Waals surface area contributed by atoms with E-state index >= 15 is 0 Å². The lowest BCUT2D eigenvalue weighted by Gasteiger charge is -2.13. The summed E-state index contributed by atoms with van der Waals surface area (Å²) in [6.07, 6.45) is 2.62. The minimum Gasteiger partial charge on any atom is -0.369 e. The molecule has 0 atom stereocenters. The van der Waals surface area contributed by atoms with E-state index in [0.717, 1.165) is 40.5 Å². The van der Waals surface area contributed by atoms with Gasteiger partial charge in [0, 0.05) is 12.7 Å². The summed E-state index contributed by atoms with van der Waals surface area (Å²) >= 11 is 3.61. The topological polar surface area (TPSA) is 63.6 Å². The van der Waals surface area contributed by atoms with Gasteiger partial charge >= 0.3 is 0 Å². The lowest BCUT2D eigenvalue weighted by Crippen LogP contribution is -2.08. The van der Waals surface area contributed by atoms with Gasteiger partial charge in [-0.3, -0.25) is 0 Å². The number of rotatable bonds is 5. The number of anilines is 1. The lowest BCUT2D eigenvalue weighted by atomic mass is 10.1. The van der Waals surface area contributed by atoms with E-state index in [1.165, 1.54) is 0 Å². The van der Waals surface area contributed by atoms with Crippen molar-refractivity contribution in [1.82, 2.24) is 19.9 Å². The molecular weight excluding hydrogens is 330 g/mol. The molecule has 0 saturated heterocycles. The Kier molecular flexibility index (Phi) is 5.22. The predicted octanol–water partition coefficient (Wildman–Crippen LogP) is 3.63. The number of hydrogen-bond acceptors (Lipinski definition) is 5. The molecule has 0 fully saturated rings. The number of aromatic nitrogens is 4. The monoisotopic (exact) mass is 349 g/mol. The minimum absolute atomic E-state index is 0.519. The molecule has 0 aliphatic carbocycles. The Morgan fingerprint density at radius 1 is 1.24 bits per heavy atom. The molecular formula is C15H20BrN5. The highest BCUT2D eigenvalue weighted by molar-refractivity contribution is 9.10. The van der Waals surface area contributed by atoms with E-state index in [1.54, 1.807) is 6.20 Å². The lowest BCUT2D eigenvalue weighted by molar-refractivity contribution is 0.632. The first kappa shape index (κ1) is 15.8. The number of nitrogens with zero attached hydrogens (tertiary/aromatic N) is 4. The van der Waals surface area contributed by atoms with Crippen molar-refractivity contribution in [2.24, 2.45) is 5.92 Å². The Hall–Kier alpha value is -1.56. The zero-order valence-electron chi connectivity index (χ0n) is 12.8. The van der Waals surface area contributed by atoms with Crippen LogP contribution in [-0.4, -0.2) is 26.5 Å². The van der Waals surface area contributed by atoms with E-state index in [4.69, 9.17) is 0 Å². The van der Waals surface area contributed by atoms with Gasteiger partial charge in [-0.2, -0.15) is 0 Å². The van der Waals surface area contributed by atoms with Crippen LogP contribution in [0.4, 0.5) is 5.82 Å². The molecule has 2 rings (SSSR count). The molecule has 6 heteroatoms. The first-order valence-corrected chi connectivity index (χ1v) is 7.90. The maximum Gasteiger partial charge on any atom is 0.180 e. The van der Waals surface area contributed by atoms with Gasteiger partial charge in [-0.25, -0.2) is 19.9 Å². The summed E-state index contributed by atoms with van der Waals surface area (Å²) in [6.45, 7) is 9.07. The van der Waals surface area contributed by atoms with Crippen molar-refractivity contribution in [3.63, 3.8) is 0 Å². The van der Waals surface area contributed by atoms with Gasteiger partial charge in [-0.1, -0.05) is 13.8 Å². The molecule has 0 aliphatic rings. The van der Waals surface area contributed by atoms with Crippen molar-refractivity contribution in [1.29, 1.82) is 0 Å². The van der Waals surface area contributed by atoms with Gasteiger partial charge in [0.25, 0.3) is 0 Å². The van der Waals surface area contributed by atoms with Crippen LogP contribution in [0.5, 0.6) is 0 Å². The third-order valence-corrected chi connectivity index (χ3v) is 3.70. The summed E-state index contributed by atoms with van der Waals surface area (Å²) in [5, 5.41) is 3.27. The van der Waals surface area contributed by atoms with Gasteiger partial charge in [-0.15, -0.1) is 0 Å². The molecule has 2 aromatic rings. The fourth-order valence-corrected chi connectivity index (χ4v) is 2.47.